The van der Waals surface area contributed by atoms with E-state index in [1.165, 1.54) is 35.3 Å². The first kappa shape index (κ1) is 11.8. The van der Waals surface area contributed by atoms with Crippen molar-refractivity contribution in [3.8, 4) is 0 Å². The summed E-state index contributed by atoms with van der Waals surface area (Å²) in [6, 6.07) is 12.8. The van der Waals surface area contributed by atoms with Crippen molar-refractivity contribution < 1.29 is 0 Å². The number of rotatable bonds is 3. The molecule has 0 saturated carbocycles. The van der Waals surface area contributed by atoms with Crippen molar-refractivity contribution in [1.29, 1.82) is 0 Å². The van der Waals surface area contributed by atoms with Crippen LogP contribution in [0.15, 0.2) is 46.3 Å². The minimum atomic E-state index is 0.499. The first-order chi connectivity index (χ1) is 8.85. The lowest BCUT2D eigenvalue weighted by Crippen LogP contribution is -1.99. The Labute approximate surface area is 112 Å². The van der Waals surface area contributed by atoms with E-state index in [1.807, 2.05) is 18.2 Å². The van der Waals surface area contributed by atoms with E-state index in [1.54, 1.807) is 11.8 Å². The van der Waals surface area contributed by atoms with Crippen molar-refractivity contribution in [2.45, 2.75) is 35.7 Å². The topological polar surface area (TPSA) is 38.9 Å². The van der Waals surface area contributed by atoms with Gasteiger partial charge in [-0.3, -0.25) is 0 Å². The lowest BCUT2D eigenvalue weighted by molar-refractivity contribution is 0.911. The molecule has 1 heterocycles. The van der Waals surface area contributed by atoms with Crippen molar-refractivity contribution in [2.24, 2.45) is 5.73 Å². The van der Waals surface area contributed by atoms with Gasteiger partial charge in [-0.05, 0) is 54.7 Å². The lowest BCUT2D eigenvalue weighted by atomic mass is 10.1. The average Bonchev–Trinajstić information content (AvgIpc) is 2.86. The smallest absolute Gasteiger partial charge is 0.101 e. The van der Waals surface area contributed by atoms with Crippen LogP contribution < -0.4 is 5.73 Å². The zero-order chi connectivity index (χ0) is 12.4. The molecule has 1 aliphatic rings. The zero-order valence-electron chi connectivity index (χ0n) is 10.2. The van der Waals surface area contributed by atoms with Crippen LogP contribution in [0.4, 0.5) is 0 Å². The molecular weight excluding hydrogens is 240 g/mol. The number of nitrogens with zero attached hydrogens (tertiary/aromatic N) is 1. The Morgan fingerprint density at radius 1 is 1.11 bits per heavy atom. The highest BCUT2D eigenvalue weighted by Crippen LogP contribution is 2.31. The third kappa shape index (κ3) is 2.42. The minimum Gasteiger partial charge on any atom is -0.325 e. The standard InChI is InChI=1S/C15H16N2S/c16-10-13-5-2-6-15(17-13)18-14-8-7-11-3-1-4-12(11)9-14/h2,5-9H,1,3-4,10,16H2. The second kappa shape index (κ2) is 5.12. The summed E-state index contributed by atoms with van der Waals surface area (Å²) < 4.78 is 0. The van der Waals surface area contributed by atoms with Crippen molar-refractivity contribution in [3.63, 3.8) is 0 Å². The van der Waals surface area contributed by atoms with Gasteiger partial charge in [0, 0.05) is 11.4 Å². The van der Waals surface area contributed by atoms with Crippen LogP contribution in [0, 0.1) is 0 Å². The maximum atomic E-state index is 5.61. The largest absolute Gasteiger partial charge is 0.325 e. The highest BCUT2D eigenvalue weighted by atomic mass is 32.2. The van der Waals surface area contributed by atoms with E-state index in [0.29, 0.717) is 6.54 Å². The van der Waals surface area contributed by atoms with Crippen LogP contribution in [0.1, 0.15) is 23.2 Å². The predicted octanol–water partition coefficient (Wildman–Crippen LogP) is 3.18. The van der Waals surface area contributed by atoms with Crippen LogP contribution in [0.3, 0.4) is 0 Å². The van der Waals surface area contributed by atoms with Gasteiger partial charge in [0.1, 0.15) is 5.03 Å². The lowest BCUT2D eigenvalue weighted by Gasteiger charge is -2.05. The van der Waals surface area contributed by atoms with Crippen molar-refractivity contribution in [2.75, 3.05) is 0 Å². The van der Waals surface area contributed by atoms with Gasteiger partial charge in [-0.2, -0.15) is 0 Å². The van der Waals surface area contributed by atoms with Gasteiger partial charge in [0.2, 0.25) is 0 Å². The molecule has 0 bridgehead atoms. The summed E-state index contributed by atoms with van der Waals surface area (Å²) in [5.74, 6) is 0. The Kier molecular flexibility index (Phi) is 3.35. The molecule has 0 aliphatic heterocycles. The Balaban J connectivity index is 1.83. The fourth-order valence-corrected chi connectivity index (χ4v) is 3.25. The number of hydrogen-bond acceptors (Lipinski definition) is 3. The molecule has 0 unspecified atom stereocenters. The normalized spacial score (nSPS) is 13.6. The Bertz CT molecular complexity index is 566. The van der Waals surface area contributed by atoms with Crippen LogP contribution in [-0.2, 0) is 19.4 Å². The number of nitrogens with two attached hydrogens (primary N) is 1. The van der Waals surface area contributed by atoms with Crippen LogP contribution >= 0.6 is 11.8 Å². The molecule has 0 radical (unpaired) electrons. The van der Waals surface area contributed by atoms with Crippen LogP contribution in [0.25, 0.3) is 0 Å². The second-order valence-electron chi connectivity index (χ2n) is 4.56. The van der Waals surface area contributed by atoms with E-state index in [0.717, 1.165) is 10.7 Å². The Hall–Kier alpha value is -1.32. The summed E-state index contributed by atoms with van der Waals surface area (Å²) in [6.07, 6.45) is 3.76. The molecule has 0 spiro atoms. The fraction of sp³-hybridized carbons (Fsp3) is 0.267. The molecule has 2 N–H and O–H groups in total. The molecule has 92 valence electrons. The van der Waals surface area contributed by atoms with Gasteiger partial charge in [0.15, 0.2) is 0 Å². The highest BCUT2D eigenvalue weighted by molar-refractivity contribution is 7.99. The van der Waals surface area contributed by atoms with E-state index in [2.05, 4.69) is 23.2 Å². The van der Waals surface area contributed by atoms with E-state index in [9.17, 15) is 0 Å². The first-order valence-corrected chi connectivity index (χ1v) is 7.12. The number of aromatic nitrogens is 1. The Morgan fingerprint density at radius 3 is 2.89 bits per heavy atom. The monoisotopic (exact) mass is 256 g/mol. The number of pyridine rings is 1. The molecule has 3 rings (SSSR count). The summed E-state index contributed by atoms with van der Waals surface area (Å²) in [5, 5.41) is 1.02. The molecule has 2 nitrogen and oxygen atoms in total. The summed E-state index contributed by atoms with van der Waals surface area (Å²) >= 11 is 1.72. The van der Waals surface area contributed by atoms with Crippen molar-refractivity contribution in [1.82, 2.24) is 4.98 Å². The fourth-order valence-electron chi connectivity index (χ4n) is 2.36. The van der Waals surface area contributed by atoms with Gasteiger partial charge in [-0.15, -0.1) is 0 Å². The quantitative estimate of drug-likeness (QED) is 0.916. The Morgan fingerprint density at radius 2 is 2.00 bits per heavy atom. The third-order valence-electron chi connectivity index (χ3n) is 3.28. The minimum absolute atomic E-state index is 0.499. The summed E-state index contributed by atoms with van der Waals surface area (Å²) in [6.45, 7) is 0.499. The van der Waals surface area contributed by atoms with Gasteiger partial charge in [-0.25, -0.2) is 4.98 Å². The van der Waals surface area contributed by atoms with Crippen LogP contribution in [0.2, 0.25) is 0 Å². The van der Waals surface area contributed by atoms with Gasteiger partial charge < -0.3 is 5.73 Å². The van der Waals surface area contributed by atoms with Crippen molar-refractivity contribution in [3.05, 3.63) is 53.2 Å². The first-order valence-electron chi connectivity index (χ1n) is 6.31. The molecule has 1 aliphatic carbocycles. The molecule has 1 aromatic heterocycles. The van der Waals surface area contributed by atoms with E-state index < -0.39 is 0 Å². The average molecular weight is 256 g/mol. The van der Waals surface area contributed by atoms with Gasteiger partial charge in [0.05, 0.1) is 5.69 Å². The zero-order valence-corrected chi connectivity index (χ0v) is 11.0. The summed E-state index contributed by atoms with van der Waals surface area (Å²) in [5.41, 5.74) is 9.59. The van der Waals surface area contributed by atoms with Crippen LogP contribution in [-0.4, -0.2) is 4.98 Å². The third-order valence-corrected chi connectivity index (χ3v) is 4.21. The highest BCUT2D eigenvalue weighted by Gasteiger charge is 2.11. The second-order valence-corrected chi connectivity index (χ2v) is 5.65. The number of fused-ring (bicyclic) bond motifs is 1. The number of benzene rings is 1. The maximum absolute atomic E-state index is 5.61. The summed E-state index contributed by atoms with van der Waals surface area (Å²) in [7, 11) is 0. The molecule has 0 fully saturated rings. The van der Waals surface area contributed by atoms with Crippen LogP contribution in [0.5, 0.6) is 0 Å². The molecule has 3 heteroatoms. The molecule has 18 heavy (non-hydrogen) atoms. The van der Waals surface area contributed by atoms with Gasteiger partial charge in [0.25, 0.3) is 0 Å². The molecular formula is C15H16N2S. The predicted molar refractivity (Wildman–Crippen MR) is 74.7 cm³/mol. The molecule has 1 aromatic carbocycles. The van der Waals surface area contributed by atoms with E-state index in [4.69, 9.17) is 5.73 Å². The van der Waals surface area contributed by atoms with Crippen molar-refractivity contribution >= 4 is 11.8 Å². The molecule has 0 atom stereocenters. The maximum Gasteiger partial charge on any atom is 0.101 e. The van der Waals surface area contributed by atoms with E-state index in [-0.39, 0.29) is 0 Å². The molecule has 0 saturated heterocycles. The van der Waals surface area contributed by atoms with Gasteiger partial charge in [-0.1, -0.05) is 23.9 Å². The van der Waals surface area contributed by atoms with Gasteiger partial charge >= 0.3 is 0 Å². The number of aryl methyl sites for hydroxylation is 2. The number of hydrogen-bond donors (Lipinski definition) is 1. The molecule has 2 aromatic rings. The van der Waals surface area contributed by atoms with E-state index >= 15 is 0 Å². The summed E-state index contributed by atoms with van der Waals surface area (Å²) in [4.78, 5) is 5.79. The molecule has 0 amide bonds. The SMILES string of the molecule is NCc1cccc(Sc2ccc3c(c2)CCC3)n1.